The Morgan fingerprint density at radius 2 is 2.19 bits per heavy atom. The van der Waals surface area contributed by atoms with E-state index in [2.05, 4.69) is 32.7 Å². The molecule has 4 nitrogen and oxygen atoms in total. The fourth-order valence-electron chi connectivity index (χ4n) is 2.63. The Kier molecular flexibility index (Phi) is 5.00. The molecule has 0 aromatic carbocycles. The summed E-state index contributed by atoms with van der Waals surface area (Å²) in [4.78, 5) is 20.2. The van der Waals surface area contributed by atoms with Crippen LogP contribution in [0.1, 0.15) is 17.7 Å². The summed E-state index contributed by atoms with van der Waals surface area (Å²) >= 11 is 3.29. The highest BCUT2D eigenvalue weighted by molar-refractivity contribution is 7.13. The molecule has 3 heterocycles. The van der Waals surface area contributed by atoms with Crippen LogP contribution in [0.3, 0.4) is 0 Å². The number of rotatable bonds is 5. The summed E-state index contributed by atoms with van der Waals surface area (Å²) < 4.78 is 0. The van der Waals surface area contributed by atoms with E-state index in [4.69, 9.17) is 0 Å². The lowest BCUT2D eigenvalue weighted by Crippen LogP contribution is -2.39. The normalized spacial score (nSPS) is 17.0. The Hall–Kier alpha value is -1.24. The van der Waals surface area contributed by atoms with E-state index in [1.165, 1.54) is 16.2 Å². The van der Waals surface area contributed by atoms with Crippen molar-refractivity contribution < 1.29 is 4.79 Å². The highest BCUT2D eigenvalue weighted by Crippen LogP contribution is 2.21. The molecule has 3 rings (SSSR count). The first-order valence-corrected chi connectivity index (χ1v) is 9.02. The first kappa shape index (κ1) is 14.7. The van der Waals surface area contributed by atoms with Crippen molar-refractivity contribution in [3.63, 3.8) is 0 Å². The zero-order chi connectivity index (χ0) is 14.5. The molecule has 1 saturated heterocycles. The number of carbonyl (C=O) groups is 1. The highest BCUT2D eigenvalue weighted by atomic mass is 32.1. The SMILES string of the molecule is O=C(Nc1nccs1)C1CCN(CCc2cccs2)CC1. The van der Waals surface area contributed by atoms with Crippen LogP contribution in [0.25, 0.3) is 0 Å². The second-order valence-electron chi connectivity index (χ2n) is 5.27. The molecule has 0 spiro atoms. The van der Waals surface area contributed by atoms with E-state index in [1.807, 2.05) is 16.7 Å². The molecule has 0 atom stereocenters. The summed E-state index contributed by atoms with van der Waals surface area (Å²) in [6.07, 6.45) is 4.73. The quantitative estimate of drug-likeness (QED) is 0.920. The first-order valence-electron chi connectivity index (χ1n) is 7.26. The highest BCUT2D eigenvalue weighted by Gasteiger charge is 2.25. The van der Waals surface area contributed by atoms with E-state index in [0.29, 0.717) is 5.13 Å². The van der Waals surface area contributed by atoms with Crippen molar-refractivity contribution in [2.45, 2.75) is 19.3 Å². The second kappa shape index (κ2) is 7.15. The Bertz CT molecular complexity index is 546. The van der Waals surface area contributed by atoms with E-state index in [0.717, 1.165) is 38.9 Å². The fraction of sp³-hybridized carbons (Fsp3) is 0.467. The number of hydrogen-bond acceptors (Lipinski definition) is 5. The van der Waals surface area contributed by atoms with Crippen molar-refractivity contribution in [2.24, 2.45) is 5.92 Å². The molecule has 1 aliphatic heterocycles. The van der Waals surface area contributed by atoms with Gasteiger partial charge in [-0.25, -0.2) is 4.98 Å². The maximum atomic E-state index is 12.2. The van der Waals surface area contributed by atoms with Gasteiger partial charge in [0.25, 0.3) is 0 Å². The molecule has 1 amide bonds. The Morgan fingerprint density at radius 3 is 2.86 bits per heavy atom. The monoisotopic (exact) mass is 321 g/mol. The van der Waals surface area contributed by atoms with Gasteiger partial charge in [-0.2, -0.15) is 0 Å². The number of amides is 1. The van der Waals surface area contributed by atoms with Gasteiger partial charge in [0.1, 0.15) is 0 Å². The van der Waals surface area contributed by atoms with Crippen LogP contribution in [0.5, 0.6) is 0 Å². The minimum Gasteiger partial charge on any atom is -0.303 e. The molecule has 0 radical (unpaired) electrons. The van der Waals surface area contributed by atoms with Gasteiger partial charge < -0.3 is 10.2 Å². The van der Waals surface area contributed by atoms with Gasteiger partial charge in [-0.3, -0.25) is 4.79 Å². The minimum absolute atomic E-state index is 0.128. The second-order valence-corrected chi connectivity index (χ2v) is 7.20. The van der Waals surface area contributed by atoms with Crippen molar-refractivity contribution >= 4 is 33.7 Å². The summed E-state index contributed by atoms with van der Waals surface area (Å²) in [5.41, 5.74) is 0. The molecule has 6 heteroatoms. The summed E-state index contributed by atoms with van der Waals surface area (Å²) in [6, 6.07) is 4.30. The Morgan fingerprint density at radius 1 is 1.33 bits per heavy atom. The van der Waals surface area contributed by atoms with Gasteiger partial charge in [-0.05, 0) is 43.8 Å². The third-order valence-corrected chi connectivity index (χ3v) is 5.50. The molecule has 1 fully saturated rings. The van der Waals surface area contributed by atoms with Gasteiger partial charge >= 0.3 is 0 Å². The summed E-state index contributed by atoms with van der Waals surface area (Å²) in [5.74, 6) is 0.259. The lowest BCUT2D eigenvalue weighted by atomic mass is 9.96. The van der Waals surface area contributed by atoms with Gasteiger partial charge in [0, 0.05) is 28.9 Å². The molecule has 0 bridgehead atoms. The zero-order valence-corrected chi connectivity index (χ0v) is 13.5. The van der Waals surface area contributed by atoms with Crippen molar-refractivity contribution in [1.29, 1.82) is 0 Å². The van der Waals surface area contributed by atoms with Crippen LogP contribution in [0.15, 0.2) is 29.1 Å². The number of nitrogens with zero attached hydrogens (tertiary/aromatic N) is 2. The average Bonchev–Trinajstić information content (AvgIpc) is 3.19. The van der Waals surface area contributed by atoms with Gasteiger partial charge in [-0.1, -0.05) is 6.07 Å². The van der Waals surface area contributed by atoms with Crippen molar-refractivity contribution in [3.8, 4) is 0 Å². The van der Waals surface area contributed by atoms with E-state index >= 15 is 0 Å². The molecule has 2 aromatic rings. The zero-order valence-electron chi connectivity index (χ0n) is 11.8. The van der Waals surface area contributed by atoms with E-state index in [-0.39, 0.29) is 11.8 Å². The average molecular weight is 321 g/mol. The molecule has 0 unspecified atom stereocenters. The number of anilines is 1. The smallest absolute Gasteiger partial charge is 0.229 e. The van der Waals surface area contributed by atoms with E-state index in [9.17, 15) is 4.79 Å². The van der Waals surface area contributed by atoms with Crippen LogP contribution >= 0.6 is 22.7 Å². The lowest BCUT2D eigenvalue weighted by molar-refractivity contribution is -0.121. The maximum Gasteiger partial charge on any atom is 0.229 e. The van der Waals surface area contributed by atoms with Crippen LogP contribution in [0, 0.1) is 5.92 Å². The van der Waals surface area contributed by atoms with Crippen molar-refractivity contribution in [3.05, 3.63) is 34.0 Å². The number of nitrogens with one attached hydrogen (secondary N) is 1. The number of thiazole rings is 1. The summed E-state index contributed by atoms with van der Waals surface area (Å²) in [6.45, 7) is 3.13. The molecular weight excluding hydrogens is 302 g/mol. The van der Waals surface area contributed by atoms with Crippen molar-refractivity contribution in [2.75, 3.05) is 25.0 Å². The molecule has 1 N–H and O–H groups in total. The summed E-state index contributed by atoms with van der Waals surface area (Å²) in [5, 5.41) is 7.63. The largest absolute Gasteiger partial charge is 0.303 e. The fourth-order valence-corrected chi connectivity index (χ4v) is 3.86. The number of aromatic nitrogens is 1. The van der Waals surface area contributed by atoms with Crippen molar-refractivity contribution in [1.82, 2.24) is 9.88 Å². The molecule has 0 saturated carbocycles. The van der Waals surface area contributed by atoms with Crippen LogP contribution in [0.4, 0.5) is 5.13 Å². The number of likely N-dealkylation sites (tertiary alicyclic amines) is 1. The molecular formula is C15H19N3OS2. The predicted molar refractivity (Wildman–Crippen MR) is 87.9 cm³/mol. The third kappa shape index (κ3) is 4.12. The van der Waals surface area contributed by atoms with Gasteiger partial charge in [-0.15, -0.1) is 22.7 Å². The van der Waals surface area contributed by atoms with Crippen LogP contribution in [-0.2, 0) is 11.2 Å². The van der Waals surface area contributed by atoms with Gasteiger partial charge in [0.15, 0.2) is 5.13 Å². The number of hydrogen-bond donors (Lipinski definition) is 1. The van der Waals surface area contributed by atoms with E-state index < -0.39 is 0 Å². The van der Waals surface area contributed by atoms with Gasteiger partial charge in [0.2, 0.25) is 5.91 Å². The van der Waals surface area contributed by atoms with E-state index in [1.54, 1.807) is 6.20 Å². The number of thiophene rings is 1. The first-order chi connectivity index (χ1) is 10.3. The van der Waals surface area contributed by atoms with Crippen LogP contribution in [0.2, 0.25) is 0 Å². The molecule has 1 aliphatic rings. The third-order valence-electron chi connectivity index (χ3n) is 3.88. The Balaban J connectivity index is 1.41. The predicted octanol–water partition coefficient (Wildman–Crippen LogP) is 3.10. The Labute approximate surface area is 132 Å². The van der Waals surface area contributed by atoms with Crippen LogP contribution in [-0.4, -0.2) is 35.4 Å². The number of carbonyl (C=O) groups excluding carboxylic acids is 1. The maximum absolute atomic E-state index is 12.2. The summed E-state index contributed by atoms with van der Waals surface area (Å²) in [7, 11) is 0. The standard InChI is InChI=1S/C15H19N3OS2/c19-14(17-15-16-6-11-21-15)12-3-7-18(8-4-12)9-5-13-2-1-10-20-13/h1-2,6,10-12H,3-5,7-9H2,(H,16,17,19). The molecule has 21 heavy (non-hydrogen) atoms. The molecule has 0 aliphatic carbocycles. The topological polar surface area (TPSA) is 45.2 Å². The lowest BCUT2D eigenvalue weighted by Gasteiger charge is -2.30. The minimum atomic E-state index is 0.128. The molecule has 112 valence electrons. The van der Waals surface area contributed by atoms with Gasteiger partial charge in [0.05, 0.1) is 0 Å². The number of piperidine rings is 1. The van der Waals surface area contributed by atoms with Crippen LogP contribution < -0.4 is 5.32 Å². The molecule has 2 aromatic heterocycles.